The van der Waals surface area contributed by atoms with E-state index in [1.807, 2.05) is 30.4 Å². The van der Waals surface area contributed by atoms with Crippen molar-refractivity contribution in [3.8, 4) is 0 Å². The van der Waals surface area contributed by atoms with E-state index in [1.54, 1.807) is 12.1 Å². The molecule has 0 saturated heterocycles. The van der Waals surface area contributed by atoms with Gasteiger partial charge in [0.05, 0.1) is 11.4 Å². The molecule has 0 radical (unpaired) electrons. The van der Waals surface area contributed by atoms with Gasteiger partial charge in [0.15, 0.2) is 11.5 Å². The van der Waals surface area contributed by atoms with E-state index < -0.39 is 0 Å². The highest BCUT2D eigenvalue weighted by molar-refractivity contribution is 6.17. The van der Waals surface area contributed by atoms with Crippen molar-refractivity contribution in [2.75, 3.05) is 31.1 Å². The first-order valence-electron chi connectivity index (χ1n) is 8.74. The van der Waals surface area contributed by atoms with Crippen LogP contribution < -0.4 is 4.90 Å². The Kier molecular flexibility index (Phi) is 6.47. The van der Waals surface area contributed by atoms with Crippen LogP contribution in [0.5, 0.6) is 0 Å². The molecule has 0 atom stereocenters. The molecular formula is C20H27FN3+. The molecule has 3 nitrogen and oxygen atoms in total. The first kappa shape index (κ1) is 18.1. The third-order valence-electron chi connectivity index (χ3n) is 4.29. The van der Waals surface area contributed by atoms with Gasteiger partial charge >= 0.3 is 0 Å². The molecule has 128 valence electrons. The van der Waals surface area contributed by atoms with Gasteiger partial charge in [0.25, 0.3) is 0 Å². The van der Waals surface area contributed by atoms with Crippen LogP contribution in [-0.2, 0) is 0 Å². The second-order valence-electron chi connectivity index (χ2n) is 5.61. The summed E-state index contributed by atoms with van der Waals surface area (Å²) in [6.45, 7) is 12.1. The molecule has 24 heavy (non-hydrogen) atoms. The van der Waals surface area contributed by atoms with Crippen molar-refractivity contribution < 1.29 is 8.97 Å². The predicted molar refractivity (Wildman–Crippen MR) is 102 cm³/mol. The first-order chi connectivity index (χ1) is 11.6. The lowest BCUT2D eigenvalue weighted by Gasteiger charge is -2.21. The number of nitrogens with zero attached hydrogens (tertiary/aromatic N) is 3. The average Bonchev–Trinajstić information content (AvgIpc) is 2.61. The average molecular weight is 328 g/mol. The SMILES string of the molecule is CCN(CC)c1ccc(N=C2C=CC(=[N+](CC)CC)C=C2)c(F)c1. The zero-order valence-electron chi connectivity index (χ0n) is 15.1. The number of anilines is 1. The van der Waals surface area contributed by atoms with Crippen LogP contribution in [0.1, 0.15) is 27.7 Å². The van der Waals surface area contributed by atoms with Crippen molar-refractivity contribution in [1.82, 2.24) is 0 Å². The van der Waals surface area contributed by atoms with Gasteiger partial charge in [-0.05, 0) is 58.0 Å². The summed E-state index contributed by atoms with van der Waals surface area (Å²) in [6, 6.07) is 5.25. The number of hydrogen-bond acceptors (Lipinski definition) is 2. The molecule has 0 aliphatic heterocycles. The number of hydrogen-bond donors (Lipinski definition) is 0. The minimum atomic E-state index is -0.285. The molecule has 0 N–H and O–H groups in total. The van der Waals surface area contributed by atoms with Crippen molar-refractivity contribution >= 4 is 22.8 Å². The molecule has 0 fully saturated rings. The topological polar surface area (TPSA) is 18.6 Å². The van der Waals surface area contributed by atoms with E-state index in [4.69, 9.17) is 0 Å². The number of aliphatic imine (C=N–C) groups is 1. The minimum Gasteiger partial charge on any atom is -0.372 e. The third-order valence-corrected chi connectivity index (χ3v) is 4.29. The van der Waals surface area contributed by atoms with Crippen LogP contribution >= 0.6 is 0 Å². The van der Waals surface area contributed by atoms with Crippen molar-refractivity contribution in [3.05, 3.63) is 48.3 Å². The highest BCUT2D eigenvalue weighted by atomic mass is 19.1. The number of rotatable bonds is 6. The first-order valence-corrected chi connectivity index (χ1v) is 8.74. The summed E-state index contributed by atoms with van der Waals surface area (Å²) in [6.07, 6.45) is 7.94. The van der Waals surface area contributed by atoms with E-state index >= 15 is 0 Å². The van der Waals surface area contributed by atoms with Gasteiger partial charge in [-0.15, -0.1) is 0 Å². The third kappa shape index (κ3) is 4.19. The van der Waals surface area contributed by atoms with Gasteiger partial charge in [0.2, 0.25) is 0 Å². The summed E-state index contributed by atoms with van der Waals surface area (Å²) in [4.78, 5) is 6.55. The second kappa shape index (κ2) is 8.57. The Morgan fingerprint density at radius 1 is 0.958 bits per heavy atom. The molecule has 0 unspecified atom stereocenters. The lowest BCUT2D eigenvalue weighted by molar-refractivity contribution is -0.519. The molecule has 0 amide bonds. The molecule has 4 heteroatoms. The van der Waals surface area contributed by atoms with Gasteiger partial charge in [-0.2, -0.15) is 0 Å². The Hall–Kier alpha value is -2.23. The Morgan fingerprint density at radius 2 is 1.58 bits per heavy atom. The summed E-state index contributed by atoms with van der Waals surface area (Å²) in [5.41, 5.74) is 3.20. The van der Waals surface area contributed by atoms with E-state index in [0.29, 0.717) is 5.69 Å². The zero-order chi connectivity index (χ0) is 17.5. The number of allylic oxidation sites excluding steroid dienone is 4. The van der Waals surface area contributed by atoms with Crippen molar-refractivity contribution in [2.45, 2.75) is 27.7 Å². The molecule has 1 aromatic rings. The molecule has 2 rings (SSSR count). The Morgan fingerprint density at radius 3 is 2.08 bits per heavy atom. The maximum Gasteiger partial charge on any atom is 0.200 e. The second-order valence-corrected chi connectivity index (χ2v) is 5.61. The predicted octanol–water partition coefficient (Wildman–Crippen LogP) is 4.36. The standard InChI is InChI=1S/C20H27FN3/c1-5-23(6-2)17-11-9-16(10-12-17)22-20-14-13-18(15-19(20)21)24(7-3)8-4/h9-15H,5-8H2,1-4H3/q+1. The lowest BCUT2D eigenvalue weighted by atomic mass is 10.1. The van der Waals surface area contributed by atoms with Crippen LogP contribution in [0.25, 0.3) is 0 Å². The largest absolute Gasteiger partial charge is 0.372 e. The summed E-state index contributed by atoms with van der Waals surface area (Å²) in [5.74, 6) is -0.285. The fourth-order valence-corrected chi connectivity index (χ4v) is 2.84. The van der Waals surface area contributed by atoms with Crippen LogP contribution in [0, 0.1) is 5.82 Å². The van der Waals surface area contributed by atoms with Gasteiger partial charge in [-0.3, -0.25) is 0 Å². The Bertz CT molecular complexity index is 671. The normalized spacial score (nSPS) is 13.4. The minimum absolute atomic E-state index is 0.285. The van der Waals surface area contributed by atoms with Gasteiger partial charge in [-0.25, -0.2) is 14.0 Å². The highest BCUT2D eigenvalue weighted by Crippen LogP contribution is 2.24. The van der Waals surface area contributed by atoms with E-state index in [-0.39, 0.29) is 5.82 Å². The number of benzene rings is 1. The molecule has 0 heterocycles. The molecule has 0 aromatic heterocycles. The van der Waals surface area contributed by atoms with Crippen molar-refractivity contribution in [3.63, 3.8) is 0 Å². The summed E-state index contributed by atoms with van der Waals surface area (Å²) in [7, 11) is 0. The molecular weight excluding hydrogens is 301 g/mol. The van der Waals surface area contributed by atoms with Crippen LogP contribution in [0.15, 0.2) is 47.5 Å². The van der Waals surface area contributed by atoms with Crippen molar-refractivity contribution in [1.29, 1.82) is 0 Å². The number of halogens is 1. The molecule has 0 spiro atoms. The lowest BCUT2D eigenvalue weighted by Crippen LogP contribution is -2.21. The van der Waals surface area contributed by atoms with Crippen LogP contribution in [0.3, 0.4) is 0 Å². The summed E-state index contributed by atoms with van der Waals surface area (Å²) >= 11 is 0. The fraction of sp³-hybridized carbons (Fsp3) is 0.400. The van der Waals surface area contributed by atoms with E-state index in [0.717, 1.165) is 43.3 Å². The Balaban J connectivity index is 2.23. The van der Waals surface area contributed by atoms with E-state index in [1.165, 1.54) is 0 Å². The van der Waals surface area contributed by atoms with E-state index in [2.05, 4.69) is 42.2 Å². The quantitative estimate of drug-likeness (QED) is 0.560. The zero-order valence-corrected chi connectivity index (χ0v) is 15.1. The van der Waals surface area contributed by atoms with Gasteiger partial charge < -0.3 is 4.90 Å². The van der Waals surface area contributed by atoms with Crippen LogP contribution in [0.4, 0.5) is 15.8 Å². The van der Waals surface area contributed by atoms with E-state index in [9.17, 15) is 4.39 Å². The van der Waals surface area contributed by atoms with Gasteiger partial charge in [0.1, 0.15) is 13.1 Å². The molecule has 0 saturated carbocycles. The molecule has 0 bridgehead atoms. The monoisotopic (exact) mass is 328 g/mol. The van der Waals surface area contributed by atoms with Crippen LogP contribution in [-0.4, -0.2) is 42.2 Å². The molecule has 1 aromatic carbocycles. The molecule has 1 aliphatic carbocycles. The highest BCUT2D eigenvalue weighted by Gasteiger charge is 2.11. The van der Waals surface area contributed by atoms with Gasteiger partial charge in [0, 0.05) is 30.9 Å². The molecule has 1 aliphatic rings. The smallest absolute Gasteiger partial charge is 0.200 e. The maximum absolute atomic E-state index is 14.4. The Labute approximate surface area is 144 Å². The maximum atomic E-state index is 14.4. The summed E-state index contributed by atoms with van der Waals surface area (Å²) < 4.78 is 16.6. The van der Waals surface area contributed by atoms with Crippen molar-refractivity contribution in [2.24, 2.45) is 4.99 Å². The summed E-state index contributed by atoms with van der Waals surface area (Å²) in [5, 5.41) is 0. The fourth-order valence-electron chi connectivity index (χ4n) is 2.84. The van der Waals surface area contributed by atoms with Gasteiger partial charge in [-0.1, -0.05) is 0 Å². The van der Waals surface area contributed by atoms with Crippen LogP contribution in [0.2, 0.25) is 0 Å².